The molecular weight excluding hydrogens is 371 g/mol. The Morgan fingerprint density at radius 1 is 1.11 bits per heavy atom. The number of aryl methyl sites for hydroxylation is 2. The van der Waals surface area contributed by atoms with Gasteiger partial charge in [0.2, 0.25) is 0 Å². The van der Waals surface area contributed by atoms with Crippen LogP contribution in [-0.4, -0.2) is 35.6 Å². The summed E-state index contributed by atoms with van der Waals surface area (Å²) in [5.41, 5.74) is 4.89. The zero-order valence-corrected chi connectivity index (χ0v) is 16.5. The predicted octanol–water partition coefficient (Wildman–Crippen LogP) is 2.98. The van der Waals surface area contributed by atoms with E-state index in [0.29, 0.717) is 24.6 Å². The molecule has 0 spiro atoms. The largest absolute Gasteiger partial charge is 0.411 e. The van der Waals surface area contributed by atoms with E-state index in [1.54, 1.807) is 19.2 Å². The Bertz CT molecular complexity index is 797. The van der Waals surface area contributed by atoms with E-state index in [0.717, 1.165) is 22.5 Å². The van der Waals surface area contributed by atoms with Crippen LogP contribution in [0.3, 0.4) is 0 Å². The molecule has 0 amide bonds. The van der Waals surface area contributed by atoms with Gasteiger partial charge in [0.15, 0.2) is 5.96 Å². The Balaban J connectivity index is 1.81. The van der Waals surface area contributed by atoms with Crippen LogP contribution in [0.5, 0.6) is 0 Å². The zero-order chi connectivity index (χ0) is 20.7. The predicted molar refractivity (Wildman–Crippen MR) is 102 cm³/mol. The standard InChI is InChI=1S/C19H26F3N5O/c1-13-17(14(2)27(4)26-13)10-25-18(23-3)24-9-15-5-7-16(8-6-15)11-28-12-19(20,21)22/h5-8H,9-12H2,1-4H3,(H2,23,24,25). The summed E-state index contributed by atoms with van der Waals surface area (Å²) in [4.78, 5) is 4.21. The van der Waals surface area contributed by atoms with E-state index < -0.39 is 12.8 Å². The maximum atomic E-state index is 12.1. The van der Waals surface area contributed by atoms with Gasteiger partial charge in [0.05, 0.1) is 12.3 Å². The SMILES string of the molecule is CN=C(NCc1ccc(COCC(F)(F)F)cc1)NCc1c(C)nn(C)c1C. The van der Waals surface area contributed by atoms with Crippen molar-refractivity contribution in [2.75, 3.05) is 13.7 Å². The second kappa shape index (κ2) is 9.59. The second-order valence-electron chi connectivity index (χ2n) is 6.48. The first kappa shape index (κ1) is 21.7. The van der Waals surface area contributed by atoms with Crippen molar-refractivity contribution in [3.05, 3.63) is 52.3 Å². The fraction of sp³-hybridized carbons (Fsp3) is 0.474. The third-order valence-corrected chi connectivity index (χ3v) is 4.33. The summed E-state index contributed by atoms with van der Waals surface area (Å²) in [5.74, 6) is 0.653. The number of ether oxygens (including phenoxy) is 1. The van der Waals surface area contributed by atoms with Crippen LogP contribution >= 0.6 is 0 Å². The van der Waals surface area contributed by atoms with Gasteiger partial charge in [-0.1, -0.05) is 24.3 Å². The number of rotatable bonds is 7. The minimum Gasteiger partial charge on any atom is -0.367 e. The van der Waals surface area contributed by atoms with Gasteiger partial charge in [0.25, 0.3) is 0 Å². The van der Waals surface area contributed by atoms with Crippen LogP contribution in [0.1, 0.15) is 28.1 Å². The molecule has 28 heavy (non-hydrogen) atoms. The molecule has 0 atom stereocenters. The smallest absolute Gasteiger partial charge is 0.367 e. The number of nitrogens with one attached hydrogen (secondary N) is 2. The average Bonchev–Trinajstić information content (AvgIpc) is 2.87. The lowest BCUT2D eigenvalue weighted by Gasteiger charge is -2.13. The Morgan fingerprint density at radius 3 is 2.25 bits per heavy atom. The molecule has 1 aromatic heterocycles. The fourth-order valence-corrected chi connectivity index (χ4v) is 2.69. The molecule has 0 aliphatic carbocycles. The third-order valence-electron chi connectivity index (χ3n) is 4.33. The fourth-order valence-electron chi connectivity index (χ4n) is 2.69. The minimum atomic E-state index is -4.31. The number of halogens is 3. The molecule has 0 radical (unpaired) electrons. The second-order valence-corrected chi connectivity index (χ2v) is 6.48. The van der Waals surface area contributed by atoms with Crippen molar-refractivity contribution in [3.8, 4) is 0 Å². The summed E-state index contributed by atoms with van der Waals surface area (Å²) >= 11 is 0. The average molecular weight is 397 g/mol. The summed E-state index contributed by atoms with van der Waals surface area (Å²) < 4.78 is 42.8. The Kier molecular flexibility index (Phi) is 7.45. The van der Waals surface area contributed by atoms with E-state index in [1.807, 2.05) is 37.7 Å². The molecule has 0 aliphatic heterocycles. The zero-order valence-electron chi connectivity index (χ0n) is 16.5. The van der Waals surface area contributed by atoms with Crippen molar-refractivity contribution in [2.45, 2.75) is 39.7 Å². The summed E-state index contributed by atoms with van der Waals surface area (Å²) in [6.07, 6.45) is -4.31. The van der Waals surface area contributed by atoms with Crippen LogP contribution in [0.15, 0.2) is 29.3 Å². The van der Waals surface area contributed by atoms with Gasteiger partial charge in [-0.25, -0.2) is 0 Å². The van der Waals surface area contributed by atoms with Crippen LogP contribution in [0, 0.1) is 13.8 Å². The summed E-state index contributed by atoms with van der Waals surface area (Å²) in [7, 11) is 3.61. The lowest BCUT2D eigenvalue weighted by Crippen LogP contribution is -2.36. The number of aromatic nitrogens is 2. The Labute approximate surface area is 162 Å². The number of aliphatic imine (C=N–C) groups is 1. The van der Waals surface area contributed by atoms with Crippen LogP contribution in [0.4, 0.5) is 13.2 Å². The van der Waals surface area contributed by atoms with Gasteiger partial charge in [0.1, 0.15) is 6.61 Å². The van der Waals surface area contributed by atoms with Crippen molar-refractivity contribution in [1.82, 2.24) is 20.4 Å². The summed E-state index contributed by atoms with van der Waals surface area (Å²) in [6, 6.07) is 7.21. The van der Waals surface area contributed by atoms with Crippen LogP contribution in [-0.2, 0) is 31.5 Å². The molecule has 6 nitrogen and oxygen atoms in total. The van der Waals surface area contributed by atoms with Crippen LogP contribution < -0.4 is 10.6 Å². The van der Waals surface area contributed by atoms with Crippen molar-refractivity contribution in [2.24, 2.45) is 12.0 Å². The molecule has 0 fully saturated rings. The first-order valence-corrected chi connectivity index (χ1v) is 8.85. The minimum absolute atomic E-state index is 0.0692. The van der Waals surface area contributed by atoms with Crippen molar-refractivity contribution < 1.29 is 17.9 Å². The Morgan fingerprint density at radius 2 is 1.71 bits per heavy atom. The van der Waals surface area contributed by atoms with Crippen LogP contribution in [0.2, 0.25) is 0 Å². The van der Waals surface area contributed by atoms with E-state index in [2.05, 4.69) is 25.5 Å². The number of guanidine groups is 1. The summed E-state index contributed by atoms with van der Waals surface area (Å²) in [6.45, 7) is 3.83. The Hall–Kier alpha value is -2.55. The number of alkyl halides is 3. The molecule has 1 aromatic carbocycles. The first-order valence-electron chi connectivity index (χ1n) is 8.85. The quantitative estimate of drug-likeness (QED) is 0.557. The van der Waals surface area contributed by atoms with E-state index in [-0.39, 0.29) is 6.61 Å². The lowest BCUT2D eigenvalue weighted by molar-refractivity contribution is -0.176. The van der Waals surface area contributed by atoms with Gasteiger partial charge < -0.3 is 15.4 Å². The van der Waals surface area contributed by atoms with E-state index in [4.69, 9.17) is 0 Å². The van der Waals surface area contributed by atoms with Gasteiger partial charge in [-0.15, -0.1) is 0 Å². The van der Waals surface area contributed by atoms with Crippen molar-refractivity contribution in [1.29, 1.82) is 0 Å². The first-order chi connectivity index (χ1) is 13.2. The highest BCUT2D eigenvalue weighted by Gasteiger charge is 2.27. The number of benzene rings is 1. The van der Waals surface area contributed by atoms with Crippen LogP contribution in [0.25, 0.3) is 0 Å². The molecule has 0 aliphatic rings. The highest BCUT2D eigenvalue weighted by atomic mass is 19.4. The molecule has 2 aromatic rings. The van der Waals surface area contributed by atoms with Gasteiger partial charge in [-0.2, -0.15) is 18.3 Å². The number of nitrogens with zero attached hydrogens (tertiary/aromatic N) is 3. The van der Waals surface area contributed by atoms with Gasteiger partial charge in [-0.05, 0) is 25.0 Å². The number of hydrogen-bond acceptors (Lipinski definition) is 3. The van der Waals surface area contributed by atoms with Crippen molar-refractivity contribution >= 4 is 5.96 Å². The number of hydrogen-bond donors (Lipinski definition) is 2. The summed E-state index contributed by atoms with van der Waals surface area (Å²) in [5, 5.41) is 10.9. The molecule has 154 valence electrons. The third kappa shape index (κ3) is 6.56. The topological polar surface area (TPSA) is 63.5 Å². The molecule has 0 saturated carbocycles. The lowest BCUT2D eigenvalue weighted by atomic mass is 10.1. The molecule has 2 rings (SSSR count). The highest BCUT2D eigenvalue weighted by molar-refractivity contribution is 5.79. The monoisotopic (exact) mass is 397 g/mol. The molecule has 9 heteroatoms. The maximum Gasteiger partial charge on any atom is 0.411 e. The highest BCUT2D eigenvalue weighted by Crippen LogP contribution is 2.16. The van der Waals surface area contributed by atoms with Gasteiger partial charge >= 0.3 is 6.18 Å². The molecule has 2 N–H and O–H groups in total. The van der Waals surface area contributed by atoms with Gasteiger partial charge in [-0.3, -0.25) is 9.67 Å². The molecule has 0 saturated heterocycles. The van der Waals surface area contributed by atoms with E-state index in [9.17, 15) is 13.2 Å². The molecule has 0 unspecified atom stereocenters. The normalized spacial score (nSPS) is 12.3. The maximum absolute atomic E-state index is 12.1. The molecule has 1 heterocycles. The molecular formula is C19H26F3N5O. The van der Waals surface area contributed by atoms with Gasteiger partial charge in [0, 0.05) is 38.4 Å². The van der Waals surface area contributed by atoms with E-state index >= 15 is 0 Å². The molecule has 0 bridgehead atoms. The van der Waals surface area contributed by atoms with E-state index in [1.165, 1.54) is 0 Å². The van der Waals surface area contributed by atoms with Crippen molar-refractivity contribution in [3.63, 3.8) is 0 Å².